The summed E-state index contributed by atoms with van der Waals surface area (Å²) in [5.41, 5.74) is 2.72. The summed E-state index contributed by atoms with van der Waals surface area (Å²) in [6, 6.07) is 14.0. The summed E-state index contributed by atoms with van der Waals surface area (Å²) in [6.07, 6.45) is -8.13. The lowest BCUT2D eigenvalue weighted by Crippen LogP contribution is -2.55. The van der Waals surface area contributed by atoms with E-state index in [1.165, 1.54) is 0 Å². The zero-order chi connectivity index (χ0) is 29.8. The Morgan fingerprint density at radius 1 is 0.800 bits per heavy atom. The van der Waals surface area contributed by atoms with Gasteiger partial charge in [0.05, 0.1) is 25.4 Å². The number of benzene rings is 2. The number of anilines is 2. The van der Waals surface area contributed by atoms with Crippen LogP contribution >= 0.6 is 0 Å². The maximum absolute atomic E-state index is 10.4. The first-order valence-electron chi connectivity index (χ1n) is 12.7. The van der Waals surface area contributed by atoms with E-state index in [2.05, 4.69) is 10.6 Å². The second-order valence-electron chi connectivity index (χ2n) is 9.17. The van der Waals surface area contributed by atoms with Gasteiger partial charge >= 0.3 is 0 Å². The highest BCUT2D eigenvalue weighted by atomic mass is 16.5. The molecule has 40 heavy (non-hydrogen) atoms. The SMILES string of the molecule is CNc1cccc([C@H]2OC(CO)CC(O)C2O)c1.CO.O=CNc1cccc([C@H]2OC(CO)[C@@H](O)C(O)C2O)c1. The molecule has 2 aromatic carbocycles. The zero-order valence-corrected chi connectivity index (χ0v) is 22.3. The van der Waals surface area contributed by atoms with Crippen LogP contribution in [0.25, 0.3) is 0 Å². The summed E-state index contributed by atoms with van der Waals surface area (Å²) in [7, 11) is 2.81. The monoisotopic (exact) mass is 568 g/mol. The number of nitrogens with one attached hydrogen (secondary N) is 2. The molecule has 1 amide bonds. The minimum absolute atomic E-state index is 0.161. The molecule has 2 saturated heterocycles. The molecule has 4 rings (SSSR count). The minimum atomic E-state index is -1.42. The van der Waals surface area contributed by atoms with Crippen LogP contribution in [0.3, 0.4) is 0 Å². The van der Waals surface area contributed by atoms with Gasteiger partial charge in [0.15, 0.2) is 0 Å². The largest absolute Gasteiger partial charge is 0.400 e. The van der Waals surface area contributed by atoms with Crippen LogP contribution in [0.4, 0.5) is 11.4 Å². The lowest BCUT2D eigenvalue weighted by molar-refractivity contribution is -0.231. The summed E-state index contributed by atoms with van der Waals surface area (Å²) in [5, 5.41) is 79.9. The number of hydrogen-bond acceptors (Lipinski definition) is 12. The molecule has 10 N–H and O–H groups in total. The van der Waals surface area contributed by atoms with Gasteiger partial charge in [0.1, 0.15) is 42.7 Å². The Hall–Kier alpha value is -2.69. The fourth-order valence-corrected chi connectivity index (χ4v) is 4.47. The van der Waals surface area contributed by atoms with Crippen molar-refractivity contribution < 1.29 is 55.1 Å². The third kappa shape index (κ3) is 8.41. The molecular formula is C27H40N2O11. The summed E-state index contributed by atoms with van der Waals surface area (Å²) >= 11 is 0. The first-order chi connectivity index (χ1) is 19.2. The molecule has 2 aliphatic rings. The van der Waals surface area contributed by atoms with Crippen molar-refractivity contribution in [1.29, 1.82) is 0 Å². The van der Waals surface area contributed by atoms with Crippen LogP contribution in [-0.4, -0.2) is 117 Å². The summed E-state index contributed by atoms with van der Waals surface area (Å²) in [5.74, 6) is 0. The zero-order valence-electron chi connectivity index (χ0n) is 22.3. The average Bonchev–Trinajstić information content (AvgIpc) is 2.99. The van der Waals surface area contributed by atoms with Crippen molar-refractivity contribution in [3.63, 3.8) is 0 Å². The van der Waals surface area contributed by atoms with Crippen LogP contribution < -0.4 is 10.6 Å². The third-order valence-electron chi connectivity index (χ3n) is 6.59. The quantitative estimate of drug-likeness (QED) is 0.175. The summed E-state index contributed by atoms with van der Waals surface area (Å²) < 4.78 is 11.0. The number of aliphatic hydroxyl groups excluding tert-OH is 8. The molecule has 9 atom stereocenters. The van der Waals surface area contributed by atoms with Crippen LogP contribution in [-0.2, 0) is 14.3 Å². The van der Waals surface area contributed by atoms with E-state index in [4.69, 9.17) is 24.8 Å². The van der Waals surface area contributed by atoms with Crippen molar-refractivity contribution >= 4 is 17.8 Å². The van der Waals surface area contributed by atoms with Crippen molar-refractivity contribution in [2.75, 3.05) is 38.0 Å². The van der Waals surface area contributed by atoms with E-state index < -0.39 is 61.5 Å². The van der Waals surface area contributed by atoms with Crippen LogP contribution in [0, 0.1) is 0 Å². The predicted octanol–water partition coefficient (Wildman–Crippen LogP) is -1.35. The van der Waals surface area contributed by atoms with Crippen LogP contribution in [0.1, 0.15) is 29.8 Å². The summed E-state index contributed by atoms with van der Waals surface area (Å²) in [6.45, 7) is -0.639. The van der Waals surface area contributed by atoms with Crippen molar-refractivity contribution in [2.45, 2.75) is 61.4 Å². The van der Waals surface area contributed by atoms with Crippen LogP contribution in [0.15, 0.2) is 48.5 Å². The molecule has 2 aliphatic heterocycles. The van der Waals surface area contributed by atoms with Crippen LogP contribution in [0.5, 0.6) is 0 Å². The molecule has 13 nitrogen and oxygen atoms in total. The Kier molecular flexibility index (Phi) is 13.9. The van der Waals surface area contributed by atoms with Gasteiger partial charge in [-0.25, -0.2) is 0 Å². The van der Waals surface area contributed by atoms with Crippen molar-refractivity contribution in [3.8, 4) is 0 Å². The number of carbonyl (C=O) groups is 1. The molecule has 0 spiro atoms. The Labute approximate surface area is 232 Å². The number of hydrogen-bond donors (Lipinski definition) is 10. The highest BCUT2D eigenvalue weighted by Crippen LogP contribution is 2.34. The molecule has 6 unspecified atom stereocenters. The van der Waals surface area contributed by atoms with Gasteiger partial charge < -0.3 is 61.0 Å². The number of carbonyl (C=O) groups excluding carboxylic acids is 1. The van der Waals surface area contributed by atoms with E-state index in [-0.39, 0.29) is 13.0 Å². The molecule has 0 bridgehead atoms. The van der Waals surface area contributed by atoms with Gasteiger partial charge in [-0.2, -0.15) is 0 Å². The Morgan fingerprint density at radius 2 is 1.38 bits per heavy atom. The Balaban J connectivity index is 0.000000265. The van der Waals surface area contributed by atoms with E-state index in [9.17, 15) is 30.3 Å². The normalized spacial score (nSPS) is 31.5. The van der Waals surface area contributed by atoms with E-state index in [0.29, 0.717) is 17.7 Å². The number of rotatable bonds is 7. The number of amides is 1. The van der Waals surface area contributed by atoms with Crippen molar-refractivity contribution in [1.82, 2.24) is 0 Å². The van der Waals surface area contributed by atoms with E-state index in [0.717, 1.165) is 18.4 Å². The maximum atomic E-state index is 10.4. The smallest absolute Gasteiger partial charge is 0.211 e. The fourth-order valence-electron chi connectivity index (χ4n) is 4.47. The number of aliphatic hydroxyl groups is 8. The lowest BCUT2D eigenvalue weighted by atomic mass is 9.91. The van der Waals surface area contributed by atoms with Gasteiger partial charge in [0.25, 0.3) is 0 Å². The van der Waals surface area contributed by atoms with Gasteiger partial charge in [0.2, 0.25) is 6.41 Å². The molecule has 2 heterocycles. The van der Waals surface area contributed by atoms with Gasteiger partial charge in [-0.15, -0.1) is 0 Å². The average molecular weight is 569 g/mol. The standard InChI is InChI=1S/C13H17NO6.C13H19NO4.CH4O/c15-5-9-10(17)11(18)12(19)13(20-9)7-2-1-3-8(4-7)14-6-16;1-14-9-4-2-3-8(5-9)13-12(17)11(16)6-10(7-15)18-13;1-2/h1-4,6,9-13,15,17-19H,5H2,(H,14,16);2-5,10-17H,6-7H2,1H3;2H,1H3/t9?,10-,11?,12?,13-;10?,11?,12?,13-;/m11./s1. The van der Waals surface area contributed by atoms with Crippen LogP contribution in [0.2, 0.25) is 0 Å². The summed E-state index contributed by atoms with van der Waals surface area (Å²) in [4.78, 5) is 10.4. The second kappa shape index (κ2) is 16.5. The molecule has 224 valence electrons. The van der Waals surface area contributed by atoms with Gasteiger partial charge in [-0.05, 0) is 35.4 Å². The highest BCUT2D eigenvalue weighted by molar-refractivity contribution is 5.71. The topological polar surface area (TPSA) is 221 Å². The first kappa shape index (κ1) is 33.5. The van der Waals surface area contributed by atoms with Gasteiger partial charge in [0, 0.05) is 32.0 Å². The van der Waals surface area contributed by atoms with Crippen molar-refractivity contribution in [3.05, 3.63) is 59.7 Å². The lowest BCUT2D eigenvalue weighted by Gasteiger charge is -2.40. The van der Waals surface area contributed by atoms with E-state index in [1.54, 1.807) is 24.3 Å². The molecule has 0 aliphatic carbocycles. The molecule has 0 saturated carbocycles. The van der Waals surface area contributed by atoms with Gasteiger partial charge in [-0.3, -0.25) is 4.79 Å². The van der Waals surface area contributed by atoms with E-state index in [1.807, 2.05) is 31.3 Å². The third-order valence-corrected chi connectivity index (χ3v) is 6.59. The molecule has 2 aromatic rings. The number of ether oxygens (including phenoxy) is 2. The minimum Gasteiger partial charge on any atom is -0.400 e. The molecule has 13 heteroatoms. The Bertz CT molecular complexity index is 1030. The predicted molar refractivity (Wildman–Crippen MR) is 144 cm³/mol. The maximum Gasteiger partial charge on any atom is 0.211 e. The van der Waals surface area contributed by atoms with E-state index >= 15 is 0 Å². The molecule has 0 radical (unpaired) electrons. The molecular weight excluding hydrogens is 528 g/mol. The molecule has 2 fully saturated rings. The highest BCUT2D eigenvalue weighted by Gasteiger charge is 2.44. The van der Waals surface area contributed by atoms with Crippen molar-refractivity contribution in [2.24, 2.45) is 0 Å². The molecule has 0 aromatic heterocycles. The fraction of sp³-hybridized carbons (Fsp3) is 0.519. The Morgan fingerprint density at radius 3 is 1.93 bits per heavy atom. The van der Waals surface area contributed by atoms with Gasteiger partial charge in [-0.1, -0.05) is 24.3 Å². The second-order valence-corrected chi connectivity index (χ2v) is 9.17. The first-order valence-corrected chi connectivity index (χ1v) is 12.7.